The molecular weight excluding hydrogens is 336 g/mol. The molecule has 2 saturated heterocycles. The van der Waals surface area contributed by atoms with Crippen molar-refractivity contribution in [3.8, 4) is 0 Å². The van der Waals surface area contributed by atoms with Gasteiger partial charge in [0.25, 0.3) is 0 Å². The van der Waals surface area contributed by atoms with Crippen molar-refractivity contribution in [2.75, 3.05) is 26.2 Å². The van der Waals surface area contributed by atoms with Gasteiger partial charge in [0, 0.05) is 51.3 Å². The van der Waals surface area contributed by atoms with E-state index in [2.05, 4.69) is 39.6 Å². The third-order valence-electron chi connectivity index (χ3n) is 5.46. The Morgan fingerprint density at radius 3 is 2.72 bits per heavy atom. The van der Waals surface area contributed by atoms with Gasteiger partial charge in [0.1, 0.15) is 0 Å². The molecule has 1 aromatic heterocycles. The van der Waals surface area contributed by atoms with Crippen LogP contribution in [0.3, 0.4) is 0 Å². The number of amides is 1. The predicted molar refractivity (Wildman–Crippen MR) is 99.9 cm³/mol. The number of aryl methyl sites for hydroxylation is 1. The first-order valence-corrected chi connectivity index (χ1v) is 8.75. The largest absolute Gasteiger partial charge is 0.342 e. The first-order chi connectivity index (χ1) is 11.7. The lowest BCUT2D eigenvalue weighted by Gasteiger charge is -2.24. The van der Waals surface area contributed by atoms with E-state index in [4.69, 9.17) is 0 Å². The Balaban J connectivity index is 0.00000182. The zero-order chi connectivity index (χ0) is 16.5. The molecule has 1 unspecified atom stereocenters. The molecule has 1 amide bonds. The molecule has 4 rings (SSSR count). The second-order valence-corrected chi connectivity index (χ2v) is 7.00. The number of carbonyl (C=O) groups is 1. The Morgan fingerprint density at radius 1 is 1.20 bits per heavy atom. The van der Waals surface area contributed by atoms with Gasteiger partial charge in [-0.3, -0.25) is 9.48 Å². The third-order valence-corrected chi connectivity index (χ3v) is 5.46. The quantitative estimate of drug-likeness (QED) is 0.912. The van der Waals surface area contributed by atoms with E-state index in [-0.39, 0.29) is 24.2 Å². The smallest absolute Gasteiger partial charge is 0.227 e. The summed E-state index contributed by atoms with van der Waals surface area (Å²) in [7, 11) is 1.92. The summed E-state index contributed by atoms with van der Waals surface area (Å²) < 4.78 is 1.82. The number of hydrogen-bond donors (Lipinski definition) is 1. The fourth-order valence-corrected chi connectivity index (χ4v) is 4.11. The van der Waals surface area contributed by atoms with Gasteiger partial charge in [0.05, 0.1) is 12.1 Å². The first kappa shape index (κ1) is 18.0. The number of carbonyl (C=O) groups excluding carboxylic acids is 1. The van der Waals surface area contributed by atoms with Gasteiger partial charge in [0.2, 0.25) is 5.91 Å². The molecule has 0 saturated carbocycles. The average Bonchev–Trinajstić information content (AvgIpc) is 3.35. The summed E-state index contributed by atoms with van der Waals surface area (Å²) in [6.07, 6.45) is 5.00. The molecule has 134 valence electrons. The Labute approximate surface area is 154 Å². The molecule has 1 aromatic carbocycles. The minimum Gasteiger partial charge on any atom is -0.342 e. The van der Waals surface area contributed by atoms with E-state index in [9.17, 15) is 4.79 Å². The Bertz CT molecular complexity index is 717. The van der Waals surface area contributed by atoms with Crippen LogP contribution in [0.5, 0.6) is 0 Å². The highest BCUT2D eigenvalue weighted by atomic mass is 35.5. The Kier molecular flexibility index (Phi) is 5.45. The fraction of sp³-hybridized carbons (Fsp3) is 0.474. The number of hydrogen-bond acceptors (Lipinski definition) is 3. The molecule has 2 aliphatic heterocycles. The topological polar surface area (TPSA) is 50.2 Å². The zero-order valence-corrected chi connectivity index (χ0v) is 15.3. The maximum atomic E-state index is 13.1. The van der Waals surface area contributed by atoms with Gasteiger partial charge in [-0.2, -0.15) is 5.10 Å². The fourth-order valence-electron chi connectivity index (χ4n) is 4.11. The van der Waals surface area contributed by atoms with E-state index in [1.807, 2.05) is 30.2 Å². The van der Waals surface area contributed by atoms with E-state index >= 15 is 0 Å². The normalized spacial score (nSPS) is 25.8. The lowest BCUT2D eigenvalue weighted by molar-refractivity contribution is -0.134. The number of nitrogens with zero attached hydrogens (tertiary/aromatic N) is 3. The second-order valence-electron chi connectivity index (χ2n) is 7.00. The molecule has 5 nitrogen and oxygen atoms in total. The summed E-state index contributed by atoms with van der Waals surface area (Å²) >= 11 is 0. The molecule has 25 heavy (non-hydrogen) atoms. The maximum absolute atomic E-state index is 13.1. The maximum Gasteiger partial charge on any atom is 0.227 e. The molecule has 2 fully saturated rings. The van der Waals surface area contributed by atoms with E-state index in [1.54, 1.807) is 0 Å². The van der Waals surface area contributed by atoms with E-state index in [1.165, 1.54) is 11.1 Å². The van der Waals surface area contributed by atoms with Crippen molar-refractivity contribution in [1.29, 1.82) is 0 Å². The number of likely N-dealkylation sites (tertiary alicyclic amines) is 1. The Hall–Kier alpha value is -1.85. The van der Waals surface area contributed by atoms with Crippen molar-refractivity contribution < 1.29 is 4.79 Å². The van der Waals surface area contributed by atoms with Gasteiger partial charge in [-0.05, 0) is 17.5 Å². The van der Waals surface area contributed by atoms with Crippen molar-refractivity contribution in [2.45, 2.75) is 18.3 Å². The highest BCUT2D eigenvalue weighted by Gasteiger charge is 2.39. The van der Waals surface area contributed by atoms with Gasteiger partial charge in [-0.1, -0.05) is 30.3 Å². The van der Waals surface area contributed by atoms with Crippen molar-refractivity contribution in [1.82, 2.24) is 20.0 Å². The SMILES string of the molecule is Cl.Cn1cc([C@H]2CNC[C@@H]2C(=O)N2CCC(c3ccccc3)C2)cn1. The lowest BCUT2D eigenvalue weighted by Crippen LogP contribution is -2.37. The summed E-state index contributed by atoms with van der Waals surface area (Å²) in [6.45, 7) is 3.34. The van der Waals surface area contributed by atoms with Crippen LogP contribution in [0.25, 0.3) is 0 Å². The predicted octanol–water partition coefficient (Wildman–Crippen LogP) is 2.16. The zero-order valence-electron chi connectivity index (χ0n) is 14.5. The van der Waals surface area contributed by atoms with Crippen LogP contribution in [-0.4, -0.2) is 46.8 Å². The van der Waals surface area contributed by atoms with Crippen LogP contribution >= 0.6 is 12.4 Å². The van der Waals surface area contributed by atoms with Crippen LogP contribution in [0.1, 0.15) is 29.4 Å². The molecule has 0 radical (unpaired) electrons. The molecule has 3 atom stereocenters. The van der Waals surface area contributed by atoms with Gasteiger partial charge in [0.15, 0.2) is 0 Å². The molecule has 0 bridgehead atoms. The van der Waals surface area contributed by atoms with E-state index in [0.29, 0.717) is 11.8 Å². The van der Waals surface area contributed by atoms with Crippen molar-refractivity contribution in [3.05, 3.63) is 53.9 Å². The van der Waals surface area contributed by atoms with Gasteiger partial charge in [-0.15, -0.1) is 12.4 Å². The van der Waals surface area contributed by atoms with Crippen molar-refractivity contribution in [2.24, 2.45) is 13.0 Å². The molecule has 2 aromatic rings. The number of rotatable bonds is 3. The first-order valence-electron chi connectivity index (χ1n) is 8.75. The summed E-state index contributed by atoms with van der Waals surface area (Å²) in [5.74, 6) is 1.04. The molecule has 3 heterocycles. The van der Waals surface area contributed by atoms with E-state index < -0.39 is 0 Å². The standard InChI is InChI=1S/C19H24N4O.ClH/c1-22-12-16(9-21-22)17-10-20-11-18(17)19(24)23-8-7-15(13-23)14-5-3-2-4-6-14;/h2-6,9,12,15,17-18,20H,7-8,10-11,13H2,1H3;1H/t15?,17-,18+;/m1./s1. The molecule has 1 N–H and O–H groups in total. The monoisotopic (exact) mass is 360 g/mol. The summed E-state index contributed by atoms with van der Waals surface area (Å²) in [4.78, 5) is 15.1. The van der Waals surface area contributed by atoms with Crippen LogP contribution in [0, 0.1) is 5.92 Å². The second kappa shape index (κ2) is 7.58. The molecule has 2 aliphatic rings. The van der Waals surface area contributed by atoms with Crippen LogP contribution < -0.4 is 5.32 Å². The highest BCUT2D eigenvalue weighted by Crippen LogP contribution is 2.33. The highest BCUT2D eigenvalue weighted by molar-refractivity contribution is 5.85. The number of aromatic nitrogens is 2. The van der Waals surface area contributed by atoms with E-state index in [0.717, 1.165) is 32.6 Å². The molecular formula is C19H25ClN4O. The van der Waals surface area contributed by atoms with Crippen molar-refractivity contribution >= 4 is 18.3 Å². The summed E-state index contributed by atoms with van der Waals surface area (Å²) in [5, 5.41) is 7.66. The molecule has 0 spiro atoms. The summed E-state index contributed by atoms with van der Waals surface area (Å²) in [5.41, 5.74) is 2.51. The number of benzene rings is 1. The summed E-state index contributed by atoms with van der Waals surface area (Å²) in [6, 6.07) is 10.6. The van der Waals surface area contributed by atoms with Gasteiger partial charge >= 0.3 is 0 Å². The third kappa shape index (κ3) is 3.58. The van der Waals surface area contributed by atoms with Crippen molar-refractivity contribution in [3.63, 3.8) is 0 Å². The number of nitrogens with one attached hydrogen (secondary N) is 1. The minimum atomic E-state index is 0. The number of halogens is 1. The van der Waals surface area contributed by atoms with Crippen LogP contribution in [0.4, 0.5) is 0 Å². The molecule has 0 aliphatic carbocycles. The molecule has 6 heteroatoms. The lowest BCUT2D eigenvalue weighted by atomic mass is 9.90. The van der Waals surface area contributed by atoms with Crippen LogP contribution in [-0.2, 0) is 11.8 Å². The average molecular weight is 361 g/mol. The Morgan fingerprint density at radius 2 is 2.00 bits per heavy atom. The van der Waals surface area contributed by atoms with Crippen LogP contribution in [0.15, 0.2) is 42.7 Å². The van der Waals surface area contributed by atoms with Gasteiger partial charge in [-0.25, -0.2) is 0 Å². The minimum absolute atomic E-state index is 0. The van der Waals surface area contributed by atoms with Gasteiger partial charge < -0.3 is 10.2 Å². The van der Waals surface area contributed by atoms with Crippen LogP contribution in [0.2, 0.25) is 0 Å².